The summed E-state index contributed by atoms with van der Waals surface area (Å²) >= 11 is 0. The highest BCUT2D eigenvalue weighted by Gasteiger charge is 2.12. The van der Waals surface area contributed by atoms with Gasteiger partial charge in [0.15, 0.2) is 0 Å². The zero-order chi connectivity index (χ0) is 13.7. The van der Waals surface area contributed by atoms with Crippen LogP contribution in [-0.4, -0.2) is 22.8 Å². The fourth-order valence-electron chi connectivity index (χ4n) is 1.78. The minimum Gasteiger partial charge on any atom is -0.478 e. The number of hydrogen-bond donors (Lipinski definition) is 3. The average molecular weight is 261 g/mol. The molecule has 1 aromatic carbocycles. The molecule has 2 aromatic rings. The number of rotatable bonds is 6. The summed E-state index contributed by atoms with van der Waals surface area (Å²) in [6.07, 6.45) is 1.20. The van der Waals surface area contributed by atoms with Crippen molar-refractivity contribution in [3.63, 3.8) is 0 Å². The van der Waals surface area contributed by atoms with Gasteiger partial charge in [-0.3, -0.25) is 0 Å². The molecule has 0 bridgehead atoms. The molecule has 5 nitrogen and oxygen atoms in total. The number of aliphatic hydroxyl groups is 1. The van der Waals surface area contributed by atoms with Gasteiger partial charge in [0.1, 0.15) is 12.0 Å². The normalized spacial score (nSPS) is 12.3. The van der Waals surface area contributed by atoms with Gasteiger partial charge in [0.05, 0.1) is 24.8 Å². The van der Waals surface area contributed by atoms with Gasteiger partial charge in [-0.25, -0.2) is 4.79 Å². The molecule has 1 unspecified atom stereocenters. The third-order valence-corrected chi connectivity index (χ3v) is 2.81. The molecule has 1 heterocycles. The lowest BCUT2D eigenvalue weighted by Gasteiger charge is -2.15. The first-order valence-corrected chi connectivity index (χ1v) is 5.90. The van der Waals surface area contributed by atoms with Crippen molar-refractivity contribution in [2.75, 3.05) is 6.61 Å². The maximum absolute atomic E-state index is 10.7. The van der Waals surface area contributed by atoms with Gasteiger partial charge >= 0.3 is 5.97 Å². The van der Waals surface area contributed by atoms with Crippen LogP contribution in [0.5, 0.6) is 0 Å². The van der Waals surface area contributed by atoms with Gasteiger partial charge in [-0.1, -0.05) is 30.3 Å². The minimum absolute atomic E-state index is 0.0451. The third kappa shape index (κ3) is 3.43. The largest absolute Gasteiger partial charge is 0.478 e. The summed E-state index contributed by atoms with van der Waals surface area (Å²) in [5, 5.41) is 21.3. The van der Waals surface area contributed by atoms with E-state index in [9.17, 15) is 9.90 Å². The van der Waals surface area contributed by atoms with E-state index in [1.807, 2.05) is 30.3 Å². The van der Waals surface area contributed by atoms with Crippen LogP contribution in [-0.2, 0) is 6.54 Å². The molecule has 1 aromatic heterocycles. The molecule has 5 heteroatoms. The van der Waals surface area contributed by atoms with Crippen molar-refractivity contribution in [3.8, 4) is 0 Å². The lowest BCUT2D eigenvalue weighted by Crippen LogP contribution is -2.23. The molecule has 0 aliphatic carbocycles. The van der Waals surface area contributed by atoms with Crippen LogP contribution in [0.1, 0.15) is 27.7 Å². The molecule has 0 aliphatic rings. The van der Waals surface area contributed by atoms with E-state index in [1.54, 1.807) is 0 Å². The summed E-state index contributed by atoms with van der Waals surface area (Å²) in [5.74, 6) is -0.497. The van der Waals surface area contributed by atoms with Gasteiger partial charge in [-0.05, 0) is 11.6 Å². The molecule has 0 amide bonds. The summed E-state index contributed by atoms with van der Waals surface area (Å²) < 4.78 is 5.13. The Bertz CT molecular complexity index is 535. The molecule has 0 saturated carbocycles. The lowest BCUT2D eigenvalue weighted by atomic mass is 10.1. The average Bonchev–Trinajstić information content (AvgIpc) is 2.90. The first-order valence-electron chi connectivity index (χ1n) is 5.90. The van der Waals surface area contributed by atoms with Gasteiger partial charge in [0.25, 0.3) is 0 Å². The number of aromatic carboxylic acids is 1. The zero-order valence-corrected chi connectivity index (χ0v) is 10.2. The number of nitrogens with one attached hydrogen (secondary N) is 1. The maximum atomic E-state index is 10.7. The SMILES string of the molecule is O=C(O)c1coc(CNC(CO)c2ccccc2)c1. The Morgan fingerprint density at radius 1 is 1.32 bits per heavy atom. The molecule has 0 fully saturated rings. The van der Waals surface area contributed by atoms with E-state index in [-0.39, 0.29) is 18.2 Å². The quantitative estimate of drug-likeness (QED) is 0.738. The van der Waals surface area contributed by atoms with E-state index < -0.39 is 5.97 Å². The van der Waals surface area contributed by atoms with Gasteiger partial charge in [0.2, 0.25) is 0 Å². The Labute approximate surface area is 110 Å². The fourth-order valence-corrected chi connectivity index (χ4v) is 1.78. The molecule has 1 atom stereocenters. The predicted octanol–water partition coefficient (Wildman–Crippen LogP) is 1.80. The number of aliphatic hydroxyl groups excluding tert-OH is 1. The third-order valence-electron chi connectivity index (χ3n) is 2.81. The van der Waals surface area contributed by atoms with E-state index in [4.69, 9.17) is 9.52 Å². The summed E-state index contributed by atoms with van der Waals surface area (Å²) in [4.78, 5) is 10.7. The number of carboxylic acids is 1. The van der Waals surface area contributed by atoms with Crippen LogP contribution in [0.25, 0.3) is 0 Å². The molecule has 19 heavy (non-hydrogen) atoms. The molecule has 0 radical (unpaired) electrons. The number of furan rings is 1. The molecular weight excluding hydrogens is 246 g/mol. The second kappa shape index (κ2) is 6.17. The van der Waals surface area contributed by atoms with Gasteiger partial charge in [-0.2, -0.15) is 0 Å². The standard InChI is InChI=1S/C14H15NO4/c16-8-13(10-4-2-1-3-5-10)15-7-12-6-11(9-19-12)14(17)18/h1-6,9,13,15-16H,7-8H2,(H,17,18). The van der Waals surface area contributed by atoms with Crippen molar-refractivity contribution >= 4 is 5.97 Å². The Balaban J connectivity index is 1.98. The van der Waals surface area contributed by atoms with Crippen LogP contribution < -0.4 is 5.32 Å². The predicted molar refractivity (Wildman–Crippen MR) is 68.8 cm³/mol. The number of benzene rings is 1. The maximum Gasteiger partial charge on any atom is 0.338 e. The summed E-state index contributed by atoms with van der Waals surface area (Å²) in [6, 6.07) is 10.8. The highest BCUT2D eigenvalue weighted by molar-refractivity contribution is 5.87. The molecule has 3 N–H and O–H groups in total. The van der Waals surface area contributed by atoms with E-state index in [0.29, 0.717) is 12.3 Å². The second-order valence-electron chi connectivity index (χ2n) is 4.13. The van der Waals surface area contributed by atoms with Crippen LogP contribution in [0, 0.1) is 0 Å². The second-order valence-corrected chi connectivity index (χ2v) is 4.13. The molecule has 100 valence electrons. The van der Waals surface area contributed by atoms with Crippen LogP contribution in [0.4, 0.5) is 0 Å². The summed E-state index contributed by atoms with van der Waals surface area (Å²) in [5.41, 5.74) is 1.09. The first kappa shape index (κ1) is 13.3. The monoisotopic (exact) mass is 261 g/mol. The van der Waals surface area contributed by atoms with Crippen molar-refractivity contribution in [1.82, 2.24) is 5.32 Å². The highest BCUT2D eigenvalue weighted by atomic mass is 16.4. The van der Waals surface area contributed by atoms with E-state index in [2.05, 4.69) is 5.32 Å². The number of carbonyl (C=O) groups is 1. The van der Waals surface area contributed by atoms with Gasteiger partial charge in [-0.15, -0.1) is 0 Å². The minimum atomic E-state index is -1.02. The molecule has 2 rings (SSSR count). The molecular formula is C14H15NO4. The van der Waals surface area contributed by atoms with Crippen LogP contribution >= 0.6 is 0 Å². The molecule has 0 saturated heterocycles. The van der Waals surface area contributed by atoms with E-state index in [1.165, 1.54) is 12.3 Å². The number of hydrogen-bond acceptors (Lipinski definition) is 4. The van der Waals surface area contributed by atoms with Crippen molar-refractivity contribution in [2.45, 2.75) is 12.6 Å². The van der Waals surface area contributed by atoms with Gasteiger partial charge < -0.3 is 19.9 Å². The van der Waals surface area contributed by atoms with Gasteiger partial charge in [0, 0.05) is 0 Å². The van der Waals surface area contributed by atoms with Crippen molar-refractivity contribution < 1.29 is 19.4 Å². The molecule has 0 aliphatic heterocycles. The summed E-state index contributed by atoms with van der Waals surface area (Å²) in [7, 11) is 0. The highest BCUT2D eigenvalue weighted by Crippen LogP contribution is 2.14. The Morgan fingerprint density at radius 2 is 2.05 bits per heavy atom. The Morgan fingerprint density at radius 3 is 2.63 bits per heavy atom. The van der Waals surface area contributed by atoms with Crippen molar-refractivity contribution in [1.29, 1.82) is 0 Å². The van der Waals surface area contributed by atoms with Crippen LogP contribution in [0.2, 0.25) is 0 Å². The van der Waals surface area contributed by atoms with E-state index in [0.717, 1.165) is 5.56 Å². The van der Waals surface area contributed by atoms with E-state index >= 15 is 0 Å². The Kier molecular flexibility index (Phi) is 4.33. The topological polar surface area (TPSA) is 82.7 Å². The fraction of sp³-hybridized carbons (Fsp3) is 0.214. The lowest BCUT2D eigenvalue weighted by molar-refractivity contribution is 0.0696. The summed E-state index contributed by atoms with van der Waals surface area (Å²) in [6.45, 7) is 0.309. The Hall–Kier alpha value is -2.11. The van der Waals surface area contributed by atoms with Crippen molar-refractivity contribution in [3.05, 3.63) is 59.5 Å². The molecule has 0 spiro atoms. The van der Waals surface area contributed by atoms with Crippen molar-refractivity contribution in [2.24, 2.45) is 0 Å². The first-order chi connectivity index (χ1) is 9.20. The van der Waals surface area contributed by atoms with Crippen LogP contribution in [0.15, 0.2) is 47.1 Å². The zero-order valence-electron chi connectivity index (χ0n) is 10.2. The smallest absolute Gasteiger partial charge is 0.338 e. The number of carboxylic acid groups (broad SMARTS) is 1. The van der Waals surface area contributed by atoms with Crippen LogP contribution in [0.3, 0.4) is 0 Å².